The highest BCUT2D eigenvalue weighted by atomic mass is 16.5. The number of carbonyl (C=O) groups is 1. The van der Waals surface area contributed by atoms with E-state index < -0.39 is 0 Å². The monoisotopic (exact) mass is 254 g/mol. The molecule has 5 heteroatoms. The van der Waals surface area contributed by atoms with Crippen molar-refractivity contribution in [1.29, 1.82) is 0 Å². The quantitative estimate of drug-likeness (QED) is 0.781. The molecule has 1 unspecified atom stereocenters. The van der Waals surface area contributed by atoms with Crippen molar-refractivity contribution < 1.29 is 14.1 Å². The maximum atomic E-state index is 10.9. The Morgan fingerprint density at radius 2 is 2.11 bits per heavy atom. The van der Waals surface area contributed by atoms with Crippen LogP contribution in [-0.2, 0) is 16.0 Å². The molecule has 0 N–H and O–H groups in total. The highest BCUT2D eigenvalue weighted by Crippen LogP contribution is 2.34. The molecular formula is C13H22N2O3. The van der Waals surface area contributed by atoms with Crippen LogP contribution in [0.4, 0.5) is 0 Å². The zero-order valence-electron chi connectivity index (χ0n) is 11.8. The highest BCUT2D eigenvalue weighted by Gasteiger charge is 2.31. The lowest BCUT2D eigenvalue weighted by atomic mass is 9.88. The van der Waals surface area contributed by atoms with Gasteiger partial charge in [-0.25, -0.2) is 0 Å². The number of aryl methyl sites for hydroxylation is 1. The number of nitrogens with zero attached hydrogens (tertiary/aromatic N) is 2. The summed E-state index contributed by atoms with van der Waals surface area (Å²) in [6.07, 6.45) is 0.722. The van der Waals surface area contributed by atoms with Gasteiger partial charge in [0.25, 0.3) is 0 Å². The Morgan fingerprint density at radius 1 is 1.44 bits per heavy atom. The number of aromatic nitrogens is 2. The van der Waals surface area contributed by atoms with E-state index in [-0.39, 0.29) is 17.3 Å². The zero-order valence-corrected chi connectivity index (χ0v) is 11.8. The summed E-state index contributed by atoms with van der Waals surface area (Å²) in [5, 5.41) is 3.96. The summed E-state index contributed by atoms with van der Waals surface area (Å²) in [5.41, 5.74) is -0.0995. The first-order valence-electron chi connectivity index (χ1n) is 6.28. The Kier molecular flexibility index (Phi) is 5.02. The van der Waals surface area contributed by atoms with Crippen LogP contribution in [0.2, 0.25) is 0 Å². The van der Waals surface area contributed by atoms with Crippen LogP contribution in [0.15, 0.2) is 4.52 Å². The molecule has 0 aliphatic heterocycles. The maximum absolute atomic E-state index is 10.9. The highest BCUT2D eigenvalue weighted by molar-refractivity contribution is 5.75. The van der Waals surface area contributed by atoms with Crippen LogP contribution in [0.5, 0.6) is 0 Å². The second kappa shape index (κ2) is 6.09. The fourth-order valence-electron chi connectivity index (χ4n) is 1.64. The van der Waals surface area contributed by atoms with Gasteiger partial charge in [-0.15, -0.1) is 0 Å². The molecule has 0 amide bonds. The molecule has 0 spiro atoms. The van der Waals surface area contributed by atoms with E-state index in [2.05, 4.69) is 30.9 Å². The molecule has 1 atom stereocenters. The predicted octanol–water partition coefficient (Wildman–Crippen LogP) is 2.71. The molecule has 0 radical (unpaired) electrons. The van der Waals surface area contributed by atoms with Crippen molar-refractivity contribution in [1.82, 2.24) is 10.1 Å². The third-order valence-electron chi connectivity index (χ3n) is 2.53. The van der Waals surface area contributed by atoms with Gasteiger partial charge in [0, 0.05) is 19.4 Å². The third kappa shape index (κ3) is 4.22. The second-order valence-electron chi connectivity index (χ2n) is 5.45. The first kappa shape index (κ1) is 14.8. The van der Waals surface area contributed by atoms with E-state index in [0.29, 0.717) is 31.2 Å². The van der Waals surface area contributed by atoms with E-state index in [9.17, 15) is 4.79 Å². The lowest BCUT2D eigenvalue weighted by Gasteiger charge is -2.27. The Hall–Kier alpha value is -1.23. The van der Waals surface area contributed by atoms with Gasteiger partial charge in [0.2, 0.25) is 11.7 Å². The van der Waals surface area contributed by atoms with Crippen LogP contribution in [0.1, 0.15) is 58.9 Å². The van der Waals surface area contributed by atoms with Crippen LogP contribution in [-0.4, -0.2) is 22.5 Å². The van der Waals surface area contributed by atoms with Gasteiger partial charge < -0.3 is 14.1 Å². The van der Waals surface area contributed by atoms with Crippen molar-refractivity contribution in [3.05, 3.63) is 11.7 Å². The molecule has 1 aromatic heterocycles. The van der Waals surface area contributed by atoms with E-state index in [1.165, 1.54) is 0 Å². The largest absolute Gasteiger partial charge is 0.370 e. The number of hydrogen-bond donors (Lipinski definition) is 0. The summed E-state index contributed by atoms with van der Waals surface area (Å²) in [4.78, 5) is 15.2. The normalized spacial score (nSPS) is 13.6. The van der Waals surface area contributed by atoms with Gasteiger partial charge in [0.05, 0.1) is 0 Å². The molecular weight excluding hydrogens is 232 g/mol. The summed E-state index contributed by atoms with van der Waals surface area (Å²) < 4.78 is 10.8. The number of hydrogen-bond acceptors (Lipinski definition) is 5. The van der Waals surface area contributed by atoms with E-state index in [0.717, 1.165) is 0 Å². The molecule has 0 saturated carbocycles. The third-order valence-corrected chi connectivity index (χ3v) is 2.53. The zero-order chi connectivity index (χ0) is 13.8. The van der Waals surface area contributed by atoms with Gasteiger partial charge in [-0.2, -0.15) is 4.98 Å². The number of rotatable bonds is 6. The number of ether oxygens (including phenoxy) is 1. The molecule has 0 saturated heterocycles. The molecule has 0 fully saturated rings. The van der Waals surface area contributed by atoms with Crippen molar-refractivity contribution in [2.45, 2.75) is 53.6 Å². The van der Waals surface area contributed by atoms with Crippen LogP contribution in [0.25, 0.3) is 0 Å². The standard InChI is InChI=1S/C13H22N2O3/c1-6-17-11(13(3,4)5)12-14-10(18-15-12)8-7-9(2)16/h11H,6-8H2,1-5H3. The first-order chi connectivity index (χ1) is 8.34. The van der Waals surface area contributed by atoms with Gasteiger partial charge in [0.1, 0.15) is 11.9 Å². The van der Waals surface area contributed by atoms with Crippen molar-refractivity contribution in [2.75, 3.05) is 6.61 Å². The Labute approximate surface area is 108 Å². The van der Waals surface area contributed by atoms with Crippen LogP contribution < -0.4 is 0 Å². The van der Waals surface area contributed by atoms with Gasteiger partial charge in [-0.05, 0) is 19.3 Å². The summed E-state index contributed by atoms with van der Waals surface area (Å²) >= 11 is 0. The fraction of sp³-hybridized carbons (Fsp3) is 0.769. The van der Waals surface area contributed by atoms with E-state index in [1.807, 2.05) is 6.92 Å². The van der Waals surface area contributed by atoms with Crippen molar-refractivity contribution in [3.63, 3.8) is 0 Å². The van der Waals surface area contributed by atoms with Crippen molar-refractivity contribution in [2.24, 2.45) is 5.41 Å². The van der Waals surface area contributed by atoms with Crippen LogP contribution >= 0.6 is 0 Å². The molecule has 102 valence electrons. The van der Waals surface area contributed by atoms with E-state index in [1.54, 1.807) is 6.92 Å². The van der Waals surface area contributed by atoms with Crippen LogP contribution in [0, 0.1) is 5.41 Å². The molecule has 0 aliphatic rings. The molecule has 0 bridgehead atoms. The Morgan fingerprint density at radius 3 is 2.61 bits per heavy atom. The average molecular weight is 254 g/mol. The smallest absolute Gasteiger partial charge is 0.227 e. The van der Waals surface area contributed by atoms with Crippen LogP contribution in [0.3, 0.4) is 0 Å². The van der Waals surface area contributed by atoms with Crippen molar-refractivity contribution >= 4 is 5.78 Å². The molecule has 0 aliphatic carbocycles. The van der Waals surface area contributed by atoms with E-state index >= 15 is 0 Å². The Balaban J connectivity index is 2.78. The summed E-state index contributed by atoms with van der Waals surface area (Å²) in [5.74, 6) is 1.17. The molecule has 1 aromatic rings. The van der Waals surface area contributed by atoms with E-state index in [4.69, 9.17) is 9.26 Å². The molecule has 1 heterocycles. The minimum Gasteiger partial charge on any atom is -0.370 e. The molecule has 5 nitrogen and oxygen atoms in total. The predicted molar refractivity (Wildman–Crippen MR) is 67.1 cm³/mol. The number of ketones is 1. The SMILES string of the molecule is CCOC(c1noc(CCC(C)=O)n1)C(C)(C)C. The second-order valence-corrected chi connectivity index (χ2v) is 5.45. The fourth-order valence-corrected chi connectivity index (χ4v) is 1.64. The maximum Gasteiger partial charge on any atom is 0.227 e. The number of carbonyl (C=O) groups excluding carboxylic acids is 1. The topological polar surface area (TPSA) is 65.2 Å². The van der Waals surface area contributed by atoms with Crippen molar-refractivity contribution in [3.8, 4) is 0 Å². The van der Waals surface area contributed by atoms with Gasteiger partial charge >= 0.3 is 0 Å². The molecule has 0 aromatic carbocycles. The molecule has 1 rings (SSSR count). The van der Waals surface area contributed by atoms with Gasteiger partial charge in [-0.3, -0.25) is 0 Å². The van der Waals surface area contributed by atoms with Gasteiger partial charge in [-0.1, -0.05) is 25.9 Å². The lowest BCUT2D eigenvalue weighted by molar-refractivity contribution is -0.117. The minimum absolute atomic E-state index is 0.0995. The Bertz CT molecular complexity index is 393. The lowest BCUT2D eigenvalue weighted by Crippen LogP contribution is -2.22. The van der Waals surface area contributed by atoms with Gasteiger partial charge in [0.15, 0.2) is 0 Å². The number of Topliss-reactive ketones (excluding diaryl/α,β-unsaturated/α-hetero) is 1. The molecule has 18 heavy (non-hydrogen) atoms. The summed E-state index contributed by atoms with van der Waals surface area (Å²) in [6.45, 7) is 10.3. The summed E-state index contributed by atoms with van der Waals surface area (Å²) in [6, 6.07) is 0. The first-order valence-corrected chi connectivity index (χ1v) is 6.28. The average Bonchev–Trinajstić information content (AvgIpc) is 2.69. The minimum atomic E-state index is -0.197. The summed E-state index contributed by atoms with van der Waals surface area (Å²) in [7, 11) is 0.